The van der Waals surface area contributed by atoms with Gasteiger partial charge in [-0.3, -0.25) is 9.59 Å². The molecule has 0 bridgehead atoms. The normalized spacial score (nSPS) is 17.2. The molecule has 32 heavy (non-hydrogen) atoms. The average Bonchev–Trinajstić information content (AvgIpc) is 3.18. The van der Waals surface area contributed by atoms with Crippen molar-refractivity contribution < 1.29 is 14.3 Å². The fourth-order valence-corrected chi connectivity index (χ4v) is 3.82. The Hall–Kier alpha value is -3.33. The maximum absolute atomic E-state index is 13.1. The highest BCUT2D eigenvalue weighted by Crippen LogP contribution is 2.14. The molecule has 2 aromatic heterocycles. The number of hydrogen-bond donors (Lipinski definition) is 0. The number of carbonyl (C=O) groups is 2. The summed E-state index contributed by atoms with van der Waals surface area (Å²) in [6, 6.07) is 9.91. The minimum Gasteiger partial charge on any atom is -0.370 e. The van der Waals surface area contributed by atoms with Gasteiger partial charge in [-0.05, 0) is 17.0 Å². The summed E-state index contributed by atoms with van der Waals surface area (Å²) in [5.41, 5.74) is 1.77. The van der Waals surface area contributed by atoms with Crippen molar-refractivity contribution in [3.63, 3.8) is 0 Å². The van der Waals surface area contributed by atoms with Gasteiger partial charge < -0.3 is 14.5 Å². The van der Waals surface area contributed by atoms with Gasteiger partial charge in [-0.25, -0.2) is 9.50 Å². The fraction of sp³-hybridized carbons (Fsp3) is 0.435. The Morgan fingerprint density at radius 1 is 1.16 bits per heavy atom. The first-order valence-corrected chi connectivity index (χ1v) is 10.8. The molecule has 0 saturated carbocycles. The van der Waals surface area contributed by atoms with Gasteiger partial charge in [0.1, 0.15) is 6.33 Å². The van der Waals surface area contributed by atoms with E-state index in [9.17, 15) is 9.59 Å². The molecular formula is C23H28N6O3. The van der Waals surface area contributed by atoms with Gasteiger partial charge in [0.2, 0.25) is 11.8 Å². The highest BCUT2D eigenvalue weighted by molar-refractivity contribution is 5.86. The van der Waals surface area contributed by atoms with E-state index in [1.54, 1.807) is 17.3 Å². The molecule has 4 rings (SSSR count). The largest absolute Gasteiger partial charge is 0.370 e. The molecule has 2 amide bonds. The van der Waals surface area contributed by atoms with Gasteiger partial charge in [-0.1, -0.05) is 44.2 Å². The zero-order valence-corrected chi connectivity index (χ0v) is 18.4. The second kappa shape index (κ2) is 9.86. The van der Waals surface area contributed by atoms with Crippen molar-refractivity contribution in [3.05, 3.63) is 60.2 Å². The van der Waals surface area contributed by atoms with Crippen LogP contribution in [0.25, 0.3) is 5.78 Å². The maximum Gasteiger partial charge on any atom is 0.252 e. The number of rotatable bonds is 7. The van der Waals surface area contributed by atoms with E-state index < -0.39 is 0 Å². The predicted octanol–water partition coefficient (Wildman–Crippen LogP) is 1.58. The highest BCUT2D eigenvalue weighted by atomic mass is 16.5. The first kappa shape index (κ1) is 21.9. The third kappa shape index (κ3) is 5.47. The van der Waals surface area contributed by atoms with Crippen molar-refractivity contribution in [2.75, 3.05) is 26.2 Å². The van der Waals surface area contributed by atoms with Crippen LogP contribution in [0.3, 0.4) is 0 Å². The van der Waals surface area contributed by atoms with Crippen LogP contribution in [0, 0.1) is 5.92 Å². The van der Waals surface area contributed by atoms with Crippen LogP contribution in [-0.2, 0) is 27.4 Å². The lowest BCUT2D eigenvalue weighted by atomic mass is 10.2. The molecule has 1 saturated heterocycles. The molecule has 9 heteroatoms. The minimum absolute atomic E-state index is 0.0513. The second-order valence-corrected chi connectivity index (χ2v) is 8.53. The van der Waals surface area contributed by atoms with Crippen molar-refractivity contribution >= 4 is 17.6 Å². The van der Waals surface area contributed by atoms with Crippen molar-refractivity contribution in [1.29, 1.82) is 0 Å². The molecule has 0 unspecified atom stereocenters. The smallest absolute Gasteiger partial charge is 0.252 e. The molecule has 3 aromatic rings. The third-order valence-corrected chi connectivity index (χ3v) is 5.34. The molecule has 3 heterocycles. The number of hydrogen-bond acceptors (Lipinski definition) is 6. The van der Waals surface area contributed by atoms with E-state index in [1.807, 2.05) is 35.2 Å². The Morgan fingerprint density at radius 3 is 2.75 bits per heavy atom. The third-order valence-electron chi connectivity index (χ3n) is 5.34. The number of aromatic nitrogens is 4. The first-order chi connectivity index (χ1) is 15.5. The lowest BCUT2D eigenvalue weighted by Crippen LogP contribution is -2.41. The molecule has 0 N–H and O–H groups in total. The van der Waals surface area contributed by atoms with Crippen molar-refractivity contribution in [2.24, 2.45) is 5.92 Å². The standard InChI is InChI=1S/C23H28N6O3/c1-17(2)10-27-12-20(32-15-18-6-4-3-5-7-18)13-28(14-22(27)31)21(30)8-19-9-24-23-25-16-26-29(23)11-19/h3-7,9,11,16-17,20H,8,10,12-15H2,1-2H3/t20-/m1/s1. The molecule has 1 fully saturated rings. The van der Waals surface area contributed by atoms with Crippen LogP contribution in [-0.4, -0.2) is 73.5 Å². The van der Waals surface area contributed by atoms with Gasteiger partial charge in [0.25, 0.3) is 5.78 Å². The number of amides is 2. The first-order valence-electron chi connectivity index (χ1n) is 10.8. The van der Waals surface area contributed by atoms with E-state index in [0.717, 1.165) is 5.56 Å². The summed E-state index contributed by atoms with van der Waals surface area (Å²) in [7, 11) is 0. The molecular weight excluding hydrogens is 408 g/mol. The van der Waals surface area contributed by atoms with Crippen LogP contribution in [0.1, 0.15) is 25.0 Å². The van der Waals surface area contributed by atoms with E-state index in [4.69, 9.17) is 4.74 Å². The summed E-state index contributed by atoms with van der Waals surface area (Å²) in [6.45, 7) is 6.12. The molecule has 1 aliphatic heterocycles. The molecule has 0 aliphatic carbocycles. The molecule has 1 aromatic carbocycles. The quantitative estimate of drug-likeness (QED) is 0.558. The van der Waals surface area contributed by atoms with E-state index in [1.165, 1.54) is 10.8 Å². The Labute approximate surface area is 187 Å². The van der Waals surface area contributed by atoms with Crippen molar-refractivity contribution in [3.8, 4) is 0 Å². The fourth-order valence-electron chi connectivity index (χ4n) is 3.82. The lowest BCUT2D eigenvalue weighted by Gasteiger charge is -2.26. The zero-order valence-electron chi connectivity index (χ0n) is 18.4. The van der Waals surface area contributed by atoms with Gasteiger partial charge in [-0.2, -0.15) is 10.1 Å². The van der Waals surface area contributed by atoms with E-state index in [-0.39, 0.29) is 30.9 Å². The van der Waals surface area contributed by atoms with Crippen LogP contribution in [0.15, 0.2) is 49.1 Å². The molecule has 1 atom stereocenters. The van der Waals surface area contributed by atoms with Crippen LogP contribution in [0.2, 0.25) is 0 Å². The van der Waals surface area contributed by atoms with Gasteiger partial charge in [0, 0.05) is 32.0 Å². The summed E-state index contributed by atoms with van der Waals surface area (Å²) in [5, 5.41) is 4.07. The van der Waals surface area contributed by atoms with Gasteiger partial charge in [0.05, 0.1) is 25.7 Å². The lowest BCUT2D eigenvalue weighted by molar-refractivity contribution is -0.138. The van der Waals surface area contributed by atoms with E-state index in [0.29, 0.717) is 43.5 Å². The van der Waals surface area contributed by atoms with Gasteiger partial charge in [0.15, 0.2) is 0 Å². The van der Waals surface area contributed by atoms with Crippen molar-refractivity contribution in [2.45, 2.75) is 33.0 Å². The summed E-state index contributed by atoms with van der Waals surface area (Å²) in [5.74, 6) is 0.614. The maximum atomic E-state index is 13.1. The second-order valence-electron chi connectivity index (χ2n) is 8.53. The summed E-state index contributed by atoms with van der Waals surface area (Å²) >= 11 is 0. The Bertz CT molecular complexity index is 1070. The molecule has 168 valence electrons. The van der Waals surface area contributed by atoms with Crippen LogP contribution < -0.4 is 0 Å². The molecule has 0 spiro atoms. The van der Waals surface area contributed by atoms with Gasteiger partial charge >= 0.3 is 0 Å². The number of nitrogens with zero attached hydrogens (tertiary/aromatic N) is 6. The van der Waals surface area contributed by atoms with Crippen molar-refractivity contribution in [1.82, 2.24) is 29.4 Å². The number of benzene rings is 1. The Morgan fingerprint density at radius 2 is 1.97 bits per heavy atom. The topological polar surface area (TPSA) is 92.9 Å². The van der Waals surface area contributed by atoms with Gasteiger partial charge in [-0.15, -0.1) is 0 Å². The molecule has 9 nitrogen and oxygen atoms in total. The zero-order chi connectivity index (χ0) is 22.5. The average molecular weight is 437 g/mol. The monoisotopic (exact) mass is 436 g/mol. The summed E-state index contributed by atoms with van der Waals surface area (Å²) in [6.07, 6.45) is 4.64. The molecule has 1 aliphatic rings. The SMILES string of the molecule is CC(C)CN1C[C@@H](OCc2ccccc2)CN(C(=O)Cc2cnc3ncnn3c2)CC1=O. The van der Waals surface area contributed by atoms with E-state index in [2.05, 4.69) is 28.9 Å². The summed E-state index contributed by atoms with van der Waals surface area (Å²) < 4.78 is 7.70. The summed E-state index contributed by atoms with van der Waals surface area (Å²) in [4.78, 5) is 37.7. The molecule has 0 radical (unpaired) electrons. The number of fused-ring (bicyclic) bond motifs is 1. The number of ether oxygens (including phenoxy) is 1. The van der Waals surface area contributed by atoms with Crippen LogP contribution in [0.5, 0.6) is 0 Å². The van der Waals surface area contributed by atoms with E-state index >= 15 is 0 Å². The highest BCUT2D eigenvalue weighted by Gasteiger charge is 2.31. The predicted molar refractivity (Wildman–Crippen MR) is 118 cm³/mol. The Balaban J connectivity index is 1.47. The minimum atomic E-state index is -0.264. The van der Waals surface area contributed by atoms with Crippen LogP contribution in [0.4, 0.5) is 0 Å². The number of carbonyl (C=O) groups excluding carboxylic acids is 2. The Kier molecular flexibility index (Phi) is 6.75. The van der Waals surface area contributed by atoms with Crippen LogP contribution >= 0.6 is 0 Å².